The van der Waals surface area contributed by atoms with Gasteiger partial charge in [0.05, 0.1) is 44.9 Å². The maximum absolute atomic E-state index is 10.6. The number of nitrogens with one attached hydrogen (secondary N) is 1. The minimum Gasteiger partial charge on any atom is -0.490 e. The van der Waals surface area contributed by atoms with Gasteiger partial charge in [-0.1, -0.05) is 66.7 Å². The zero-order valence-electron chi connectivity index (χ0n) is 23.5. The van der Waals surface area contributed by atoms with Crippen molar-refractivity contribution in [2.45, 2.75) is 44.3 Å². The molecule has 0 radical (unpaired) electrons. The molecule has 11 heteroatoms. The molecule has 5 rings (SSSR count). The lowest BCUT2D eigenvalue weighted by Gasteiger charge is -2.31. The van der Waals surface area contributed by atoms with Crippen molar-refractivity contribution < 1.29 is 37.3 Å². The van der Waals surface area contributed by atoms with Crippen LogP contribution in [0.1, 0.15) is 35.7 Å². The molecule has 1 aliphatic heterocycles. The van der Waals surface area contributed by atoms with Gasteiger partial charge in [-0.25, -0.2) is 14.8 Å². The molecule has 1 aromatic heterocycles. The highest BCUT2D eigenvalue weighted by molar-refractivity contribution is 5.82. The average Bonchev–Trinajstić information content (AvgIpc) is 3.02. The van der Waals surface area contributed by atoms with Crippen molar-refractivity contribution in [2.24, 2.45) is 0 Å². The Labute approximate surface area is 247 Å². The Morgan fingerprint density at radius 2 is 1.60 bits per heavy atom. The Morgan fingerprint density at radius 3 is 2.33 bits per heavy atom. The number of aliphatic carboxylic acids is 1. The van der Waals surface area contributed by atoms with Crippen LogP contribution < -0.4 is 10.1 Å². The van der Waals surface area contributed by atoms with Gasteiger partial charge in [-0.2, -0.15) is 13.2 Å². The van der Waals surface area contributed by atoms with Crippen molar-refractivity contribution in [3.63, 3.8) is 0 Å². The molecule has 0 saturated carbocycles. The van der Waals surface area contributed by atoms with Crippen molar-refractivity contribution in [2.75, 3.05) is 26.3 Å². The van der Waals surface area contributed by atoms with E-state index in [-0.39, 0.29) is 12.0 Å². The van der Waals surface area contributed by atoms with Crippen LogP contribution in [0, 0.1) is 0 Å². The molecule has 2 N–H and O–H groups in total. The van der Waals surface area contributed by atoms with E-state index in [4.69, 9.17) is 24.1 Å². The molecule has 1 aliphatic rings. The predicted molar refractivity (Wildman–Crippen MR) is 155 cm³/mol. The molecule has 8 nitrogen and oxygen atoms in total. The first-order valence-electron chi connectivity index (χ1n) is 14.0. The van der Waals surface area contributed by atoms with Crippen molar-refractivity contribution in [1.29, 1.82) is 0 Å². The number of ether oxygens (including phenoxy) is 3. The van der Waals surface area contributed by atoms with E-state index in [1.54, 1.807) is 12.4 Å². The van der Waals surface area contributed by atoms with Gasteiger partial charge in [0.1, 0.15) is 5.82 Å². The molecule has 1 saturated heterocycles. The highest BCUT2D eigenvalue weighted by Crippen LogP contribution is 2.27. The topological polar surface area (TPSA) is 103 Å². The molecule has 0 spiro atoms. The Bertz CT molecular complexity index is 1420. The number of rotatable bonds is 11. The molecular formula is C32H34F3N3O5. The minimum atomic E-state index is -5.08. The highest BCUT2D eigenvalue weighted by atomic mass is 19.4. The summed E-state index contributed by atoms with van der Waals surface area (Å²) in [5.74, 6) is -1.09. The monoisotopic (exact) mass is 597 g/mol. The van der Waals surface area contributed by atoms with Crippen LogP contribution in [0.15, 0.2) is 85.2 Å². The van der Waals surface area contributed by atoms with Gasteiger partial charge in [-0.15, -0.1) is 0 Å². The zero-order chi connectivity index (χ0) is 30.5. The fraction of sp³-hybridized carbons (Fsp3) is 0.344. The summed E-state index contributed by atoms with van der Waals surface area (Å²) in [7, 11) is 0. The Balaban J connectivity index is 0.000000541. The quantitative estimate of drug-likeness (QED) is 0.206. The fourth-order valence-electron chi connectivity index (χ4n) is 4.54. The number of aromatic nitrogens is 2. The number of carbonyl (C=O) groups is 1. The predicted octanol–water partition coefficient (Wildman–Crippen LogP) is 5.91. The number of alkyl halides is 3. The molecule has 4 aromatic rings. The summed E-state index contributed by atoms with van der Waals surface area (Å²) in [4.78, 5) is 18.2. The fourth-order valence-corrected chi connectivity index (χ4v) is 4.54. The highest BCUT2D eigenvalue weighted by Gasteiger charge is 2.38. The van der Waals surface area contributed by atoms with Gasteiger partial charge in [0.15, 0.2) is 5.75 Å². The zero-order valence-corrected chi connectivity index (χ0v) is 23.5. The van der Waals surface area contributed by atoms with Crippen LogP contribution in [0.25, 0.3) is 10.8 Å². The number of carboxylic acids is 1. The molecule has 0 aliphatic carbocycles. The van der Waals surface area contributed by atoms with Gasteiger partial charge in [-0.3, -0.25) is 0 Å². The van der Waals surface area contributed by atoms with E-state index < -0.39 is 12.1 Å². The largest absolute Gasteiger partial charge is 0.490 e. The normalized spacial score (nSPS) is 16.7. The summed E-state index contributed by atoms with van der Waals surface area (Å²) in [5, 5.41) is 13.1. The molecule has 0 amide bonds. The van der Waals surface area contributed by atoms with E-state index in [2.05, 4.69) is 69.9 Å². The molecule has 2 unspecified atom stereocenters. The van der Waals surface area contributed by atoms with Crippen molar-refractivity contribution in [1.82, 2.24) is 15.3 Å². The summed E-state index contributed by atoms with van der Waals surface area (Å²) in [6.07, 6.45) is 0.249. The van der Waals surface area contributed by atoms with E-state index in [9.17, 15) is 13.2 Å². The van der Waals surface area contributed by atoms with Crippen LogP contribution in [0.5, 0.6) is 5.75 Å². The summed E-state index contributed by atoms with van der Waals surface area (Å²) in [6.45, 7) is 4.15. The van der Waals surface area contributed by atoms with Gasteiger partial charge < -0.3 is 24.6 Å². The van der Waals surface area contributed by atoms with Crippen LogP contribution in [0.2, 0.25) is 0 Å². The van der Waals surface area contributed by atoms with E-state index >= 15 is 0 Å². The maximum Gasteiger partial charge on any atom is 0.490 e. The summed E-state index contributed by atoms with van der Waals surface area (Å²) in [5.41, 5.74) is 2.36. The van der Waals surface area contributed by atoms with Crippen LogP contribution in [0.4, 0.5) is 13.2 Å². The van der Waals surface area contributed by atoms with Crippen molar-refractivity contribution >= 4 is 16.7 Å². The third-order valence-electron chi connectivity index (χ3n) is 6.74. The first-order valence-corrected chi connectivity index (χ1v) is 14.0. The van der Waals surface area contributed by atoms with Gasteiger partial charge >= 0.3 is 12.1 Å². The Hall–Kier alpha value is -4.06. The standard InChI is InChI=1S/C30H33N3O3.C2HF3O2/c1-2-7-23(8-3-1)21-34-15-6-16-35-27-18-32-30(33-19-27)28-13-14-31-20-29(28)36-22-24-11-12-25-9-4-5-10-26(25)17-24;3-2(4,5)1(6)7/h1-5,7-12,17-19,28-29,31H,6,13-16,20-22H2;(H,6,7). The second kappa shape index (κ2) is 16.0. The minimum absolute atomic E-state index is 0.0266. The first kappa shape index (κ1) is 31.9. The Morgan fingerprint density at radius 1 is 0.907 bits per heavy atom. The first-order chi connectivity index (χ1) is 20.8. The number of piperidine rings is 1. The van der Waals surface area contributed by atoms with Crippen LogP contribution in [-0.2, 0) is 27.5 Å². The van der Waals surface area contributed by atoms with Gasteiger partial charge in [0.2, 0.25) is 0 Å². The summed E-state index contributed by atoms with van der Waals surface area (Å²) < 4.78 is 49.6. The van der Waals surface area contributed by atoms with E-state index in [1.807, 2.05) is 18.2 Å². The molecule has 3 aromatic carbocycles. The molecular weight excluding hydrogens is 563 g/mol. The lowest BCUT2D eigenvalue weighted by molar-refractivity contribution is -0.192. The second-order valence-electron chi connectivity index (χ2n) is 9.95. The number of carboxylic acid groups (broad SMARTS) is 1. The van der Waals surface area contributed by atoms with Gasteiger partial charge in [0.25, 0.3) is 0 Å². The molecule has 1 fully saturated rings. The van der Waals surface area contributed by atoms with Crippen LogP contribution in [0.3, 0.4) is 0 Å². The SMILES string of the molecule is O=C(O)C(F)(F)F.c1ccc(COCCCOc2cnc(C3CCNCC3OCc3ccc4ccccc4c3)nc2)cc1. The van der Waals surface area contributed by atoms with Crippen LogP contribution >= 0.6 is 0 Å². The molecule has 43 heavy (non-hydrogen) atoms. The lowest BCUT2D eigenvalue weighted by atomic mass is 9.94. The summed E-state index contributed by atoms with van der Waals surface area (Å²) >= 11 is 0. The van der Waals surface area contributed by atoms with Crippen LogP contribution in [-0.4, -0.2) is 59.6 Å². The third-order valence-corrected chi connectivity index (χ3v) is 6.74. The molecule has 0 bridgehead atoms. The van der Waals surface area contributed by atoms with E-state index in [0.717, 1.165) is 31.8 Å². The smallest absolute Gasteiger partial charge is 0.490 e. The third kappa shape index (κ3) is 10.3. The van der Waals surface area contributed by atoms with Gasteiger partial charge in [0, 0.05) is 18.9 Å². The van der Waals surface area contributed by atoms with Gasteiger partial charge in [-0.05, 0) is 40.9 Å². The Kier molecular flexibility index (Phi) is 11.8. The average molecular weight is 598 g/mol. The molecule has 228 valence electrons. The number of benzene rings is 3. The second-order valence-corrected chi connectivity index (χ2v) is 9.95. The number of fused-ring (bicyclic) bond motifs is 1. The lowest BCUT2D eigenvalue weighted by Crippen LogP contribution is -2.41. The van der Waals surface area contributed by atoms with E-state index in [0.29, 0.717) is 32.2 Å². The van der Waals surface area contributed by atoms with E-state index in [1.165, 1.54) is 21.9 Å². The molecule has 2 heterocycles. The summed E-state index contributed by atoms with van der Waals surface area (Å²) in [6, 6.07) is 25.1. The number of halogens is 3. The number of hydrogen-bond donors (Lipinski definition) is 2. The number of nitrogens with zero attached hydrogens (tertiary/aromatic N) is 2. The van der Waals surface area contributed by atoms with Crippen molar-refractivity contribution in [3.8, 4) is 5.75 Å². The molecule has 2 atom stereocenters. The number of hydrogen-bond acceptors (Lipinski definition) is 7. The van der Waals surface area contributed by atoms with Crippen molar-refractivity contribution in [3.05, 3.63) is 102 Å². The maximum atomic E-state index is 10.6.